The maximum Gasteiger partial charge on any atom is 0.306 e. The normalized spacial score (nSPS) is 26.2. The van der Waals surface area contributed by atoms with Crippen LogP contribution in [0.4, 0.5) is 0 Å². The van der Waals surface area contributed by atoms with Crippen molar-refractivity contribution in [1.82, 2.24) is 9.80 Å². The summed E-state index contributed by atoms with van der Waals surface area (Å²) in [4.78, 5) is 17.4. The highest BCUT2D eigenvalue weighted by molar-refractivity contribution is 5.70. The number of hydrogen-bond donors (Lipinski definition) is 0. The average Bonchev–Trinajstić information content (AvgIpc) is 2.59. The van der Waals surface area contributed by atoms with Gasteiger partial charge >= 0.3 is 5.97 Å². The zero-order valence-corrected chi connectivity index (χ0v) is 17.9. The zero-order valence-electron chi connectivity index (χ0n) is 17.9. The Bertz CT molecular complexity index is 412. The number of nitrogens with zero attached hydrogens (tertiary/aromatic N) is 2. The molecule has 0 spiro atoms. The van der Waals surface area contributed by atoms with Crippen LogP contribution >= 0.6 is 0 Å². The molecule has 1 saturated carbocycles. The monoisotopic (exact) mass is 366 g/mol. The molecule has 0 bridgehead atoms. The second-order valence-electron chi connectivity index (χ2n) is 9.43. The van der Waals surface area contributed by atoms with Gasteiger partial charge in [0, 0.05) is 19.0 Å². The number of hydrogen-bond acceptors (Lipinski definition) is 4. The molecule has 0 unspecified atom stereocenters. The Morgan fingerprint density at radius 2 is 1.54 bits per heavy atom. The lowest BCUT2D eigenvalue weighted by Gasteiger charge is -2.41. The SMILES string of the molecule is CCN(CC)CC1CCN(C2CCC(CC(=O)OC(C)(C)C)CC2)CC1. The predicted octanol–water partition coefficient (Wildman–Crippen LogP) is 4.33. The Kier molecular flexibility index (Phi) is 8.41. The topological polar surface area (TPSA) is 32.8 Å². The third-order valence-corrected chi connectivity index (χ3v) is 6.27. The van der Waals surface area contributed by atoms with Crippen molar-refractivity contribution in [3.8, 4) is 0 Å². The molecule has 0 amide bonds. The third kappa shape index (κ3) is 7.19. The fraction of sp³-hybridized carbons (Fsp3) is 0.955. The third-order valence-electron chi connectivity index (χ3n) is 6.27. The Hall–Kier alpha value is -0.610. The van der Waals surface area contributed by atoms with Crippen LogP contribution in [0.1, 0.15) is 79.6 Å². The van der Waals surface area contributed by atoms with Crippen LogP contribution in [0.5, 0.6) is 0 Å². The van der Waals surface area contributed by atoms with Gasteiger partial charge in [-0.3, -0.25) is 4.79 Å². The van der Waals surface area contributed by atoms with E-state index >= 15 is 0 Å². The van der Waals surface area contributed by atoms with Crippen molar-refractivity contribution in [2.45, 2.75) is 91.2 Å². The number of carbonyl (C=O) groups excluding carboxylic acids is 1. The number of ether oxygens (including phenoxy) is 1. The molecule has 2 rings (SSSR count). The van der Waals surface area contributed by atoms with Crippen LogP contribution in [0, 0.1) is 11.8 Å². The quantitative estimate of drug-likeness (QED) is 0.628. The molecule has 26 heavy (non-hydrogen) atoms. The van der Waals surface area contributed by atoms with E-state index in [1.807, 2.05) is 20.8 Å². The smallest absolute Gasteiger partial charge is 0.306 e. The molecular formula is C22H42N2O2. The fourth-order valence-electron chi connectivity index (χ4n) is 4.68. The summed E-state index contributed by atoms with van der Waals surface area (Å²) in [6, 6.07) is 0.749. The molecule has 0 N–H and O–H groups in total. The van der Waals surface area contributed by atoms with Gasteiger partial charge in [0.15, 0.2) is 0 Å². The Morgan fingerprint density at radius 1 is 0.962 bits per heavy atom. The molecule has 0 aromatic carbocycles. The van der Waals surface area contributed by atoms with E-state index in [2.05, 4.69) is 23.6 Å². The first-order valence-electron chi connectivity index (χ1n) is 11.0. The molecule has 1 saturated heterocycles. The summed E-state index contributed by atoms with van der Waals surface area (Å²) in [7, 11) is 0. The minimum absolute atomic E-state index is 0.0156. The molecule has 0 atom stereocenters. The van der Waals surface area contributed by atoms with Gasteiger partial charge in [-0.1, -0.05) is 13.8 Å². The van der Waals surface area contributed by atoms with E-state index in [9.17, 15) is 4.79 Å². The highest BCUT2D eigenvalue weighted by Crippen LogP contribution is 2.32. The van der Waals surface area contributed by atoms with Crippen molar-refractivity contribution in [3.05, 3.63) is 0 Å². The van der Waals surface area contributed by atoms with Gasteiger partial charge in [0.1, 0.15) is 5.60 Å². The van der Waals surface area contributed by atoms with Gasteiger partial charge in [0.05, 0.1) is 0 Å². The number of rotatable bonds is 7. The minimum Gasteiger partial charge on any atom is -0.460 e. The van der Waals surface area contributed by atoms with Crippen molar-refractivity contribution in [2.75, 3.05) is 32.7 Å². The first-order chi connectivity index (χ1) is 12.3. The summed E-state index contributed by atoms with van der Waals surface area (Å²) >= 11 is 0. The number of piperidine rings is 1. The molecule has 2 fully saturated rings. The second kappa shape index (κ2) is 10.1. The molecule has 0 radical (unpaired) electrons. The lowest BCUT2D eigenvalue weighted by atomic mass is 9.82. The largest absolute Gasteiger partial charge is 0.460 e. The highest BCUT2D eigenvalue weighted by Gasteiger charge is 2.30. The summed E-state index contributed by atoms with van der Waals surface area (Å²) in [6.45, 7) is 16.6. The van der Waals surface area contributed by atoms with E-state index in [-0.39, 0.29) is 11.6 Å². The van der Waals surface area contributed by atoms with Crippen molar-refractivity contribution in [3.63, 3.8) is 0 Å². The molecule has 2 aliphatic rings. The van der Waals surface area contributed by atoms with E-state index in [0.29, 0.717) is 12.3 Å². The van der Waals surface area contributed by atoms with Crippen LogP contribution in [0.3, 0.4) is 0 Å². The van der Waals surface area contributed by atoms with Crippen molar-refractivity contribution in [2.24, 2.45) is 11.8 Å². The summed E-state index contributed by atoms with van der Waals surface area (Å²) in [6.07, 6.45) is 8.20. The molecule has 0 aromatic heterocycles. The van der Waals surface area contributed by atoms with Crippen molar-refractivity contribution < 1.29 is 9.53 Å². The van der Waals surface area contributed by atoms with Crippen LogP contribution < -0.4 is 0 Å². The molecule has 0 aromatic rings. The maximum atomic E-state index is 12.0. The average molecular weight is 367 g/mol. The molecule has 152 valence electrons. The molecule has 1 aliphatic carbocycles. The summed E-state index contributed by atoms with van der Waals surface area (Å²) in [5.74, 6) is 1.40. The van der Waals surface area contributed by atoms with Gasteiger partial charge in [-0.15, -0.1) is 0 Å². The van der Waals surface area contributed by atoms with Crippen molar-refractivity contribution in [1.29, 1.82) is 0 Å². The lowest BCUT2D eigenvalue weighted by Crippen LogP contribution is -2.45. The van der Waals surface area contributed by atoms with Gasteiger partial charge in [-0.05, 0) is 97.3 Å². The van der Waals surface area contributed by atoms with E-state index in [1.165, 1.54) is 71.2 Å². The summed E-state index contributed by atoms with van der Waals surface area (Å²) in [5, 5.41) is 0. The molecule has 1 aliphatic heterocycles. The van der Waals surface area contributed by atoms with E-state index < -0.39 is 0 Å². The molecule has 1 heterocycles. The van der Waals surface area contributed by atoms with Gasteiger partial charge < -0.3 is 14.5 Å². The zero-order chi connectivity index (χ0) is 19.2. The Labute approximate surface area is 161 Å². The summed E-state index contributed by atoms with van der Waals surface area (Å²) < 4.78 is 5.49. The Morgan fingerprint density at radius 3 is 2.04 bits per heavy atom. The van der Waals surface area contributed by atoms with Crippen LogP contribution in [0.15, 0.2) is 0 Å². The van der Waals surface area contributed by atoms with Gasteiger partial charge in [-0.25, -0.2) is 0 Å². The lowest BCUT2D eigenvalue weighted by molar-refractivity contribution is -0.156. The van der Waals surface area contributed by atoms with Crippen LogP contribution in [-0.4, -0.2) is 60.1 Å². The van der Waals surface area contributed by atoms with Gasteiger partial charge in [0.2, 0.25) is 0 Å². The van der Waals surface area contributed by atoms with Gasteiger partial charge in [0.25, 0.3) is 0 Å². The van der Waals surface area contributed by atoms with E-state index in [0.717, 1.165) is 12.0 Å². The Balaban J connectivity index is 1.67. The van der Waals surface area contributed by atoms with Crippen LogP contribution in [0.25, 0.3) is 0 Å². The number of esters is 1. The molecule has 4 heteroatoms. The predicted molar refractivity (Wildman–Crippen MR) is 108 cm³/mol. The van der Waals surface area contributed by atoms with Crippen LogP contribution in [-0.2, 0) is 9.53 Å². The van der Waals surface area contributed by atoms with E-state index in [1.54, 1.807) is 0 Å². The summed E-state index contributed by atoms with van der Waals surface area (Å²) in [5.41, 5.74) is -0.357. The first kappa shape index (κ1) is 21.7. The number of carbonyl (C=O) groups is 1. The van der Waals surface area contributed by atoms with E-state index in [4.69, 9.17) is 4.74 Å². The second-order valence-corrected chi connectivity index (χ2v) is 9.43. The minimum atomic E-state index is -0.357. The van der Waals surface area contributed by atoms with Crippen molar-refractivity contribution >= 4 is 5.97 Å². The molecular weight excluding hydrogens is 324 g/mol. The standard InChI is InChI=1S/C22H42N2O2/c1-6-23(7-2)17-19-12-14-24(15-13-19)20-10-8-18(9-11-20)16-21(25)26-22(3,4)5/h18-20H,6-17H2,1-5H3. The maximum absolute atomic E-state index is 12.0. The van der Waals surface area contributed by atoms with Crippen LogP contribution in [0.2, 0.25) is 0 Å². The highest BCUT2D eigenvalue weighted by atomic mass is 16.6. The first-order valence-corrected chi connectivity index (χ1v) is 11.0. The fourth-order valence-corrected chi connectivity index (χ4v) is 4.68. The molecule has 4 nitrogen and oxygen atoms in total. The number of likely N-dealkylation sites (tertiary alicyclic amines) is 1. The van der Waals surface area contributed by atoms with Gasteiger partial charge in [-0.2, -0.15) is 0 Å².